The Morgan fingerprint density at radius 2 is 2.25 bits per heavy atom. The summed E-state index contributed by atoms with van der Waals surface area (Å²) in [4.78, 5) is 11.7. The first kappa shape index (κ1) is 14.1. The summed E-state index contributed by atoms with van der Waals surface area (Å²) in [6.45, 7) is 1.86. The third-order valence-corrected chi connectivity index (χ3v) is 2.55. The zero-order chi connectivity index (χ0) is 14.8. The van der Waals surface area contributed by atoms with Crippen LogP contribution in [0.25, 0.3) is 0 Å². The fourth-order valence-electron chi connectivity index (χ4n) is 1.53. The van der Waals surface area contributed by atoms with E-state index in [4.69, 9.17) is 4.52 Å². The molecule has 1 amide bonds. The molecule has 20 heavy (non-hydrogen) atoms. The van der Waals surface area contributed by atoms with Crippen LogP contribution in [-0.2, 0) is 12.7 Å². The summed E-state index contributed by atoms with van der Waals surface area (Å²) in [5, 5.41) is 9.37. The fraction of sp³-hybridized carbons (Fsp3) is 0.364. The number of alkyl halides is 3. The predicted octanol–water partition coefficient (Wildman–Crippen LogP) is 1.63. The molecule has 2 heterocycles. The molecule has 0 aliphatic carbocycles. The molecule has 0 radical (unpaired) electrons. The maximum absolute atomic E-state index is 12.3. The molecule has 0 aliphatic heterocycles. The van der Waals surface area contributed by atoms with E-state index in [0.717, 1.165) is 10.7 Å². The highest BCUT2D eigenvalue weighted by Gasteiger charge is 2.33. The Morgan fingerprint density at radius 1 is 1.50 bits per heavy atom. The van der Waals surface area contributed by atoms with E-state index in [1.165, 1.54) is 12.4 Å². The number of rotatable bonds is 4. The van der Waals surface area contributed by atoms with Gasteiger partial charge in [-0.2, -0.15) is 18.3 Å². The maximum Gasteiger partial charge on any atom is 0.435 e. The molecular formula is C11H11F3N4O2. The van der Waals surface area contributed by atoms with E-state index in [2.05, 4.69) is 15.6 Å². The molecule has 2 aromatic heterocycles. The van der Waals surface area contributed by atoms with Crippen LogP contribution < -0.4 is 5.32 Å². The second-order valence-electron chi connectivity index (χ2n) is 4.01. The van der Waals surface area contributed by atoms with Crippen LogP contribution in [0.4, 0.5) is 13.2 Å². The molecule has 0 bridgehead atoms. The number of aromatic nitrogens is 3. The van der Waals surface area contributed by atoms with Crippen molar-refractivity contribution in [2.24, 2.45) is 0 Å². The number of carbonyl (C=O) groups excluding carboxylic acids is 1. The van der Waals surface area contributed by atoms with Crippen molar-refractivity contribution in [2.75, 3.05) is 6.54 Å². The third-order valence-electron chi connectivity index (χ3n) is 2.55. The summed E-state index contributed by atoms with van der Waals surface area (Å²) in [6.07, 6.45) is -1.98. The number of nitrogens with one attached hydrogen (secondary N) is 1. The van der Waals surface area contributed by atoms with Gasteiger partial charge in [-0.15, -0.1) is 0 Å². The Morgan fingerprint density at radius 3 is 2.80 bits per heavy atom. The van der Waals surface area contributed by atoms with Gasteiger partial charge in [0, 0.05) is 12.7 Å². The largest absolute Gasteiger partial charge is 0.435 e. The van der Waals surface area contributed by atoms with Gasteiger partial charge in [0.25, 0.3) is 5.91 Å². The first-order valence-electron chi connectivity index (χ1n) is 5.68. The molecular weight excluding hydrogens is 277 g/mol. The zero-order valence-electron chi connectivity index (χ0n) is 10.4. The number of carbonyl (C=O) groups is 1. The molecule has 6 nitrogen and oxygen atoms in total. The molecule has 0 fully saturated rings. The maximum atomic E-state index is 12.3. The van der Waals surface area contributed by atoms with Crippen LogP contribution in [0.5, 0.6) is 0 Å². The smallest absolute Gasteiger partial charge is 0.361 e. The first-order valence-corrected chi connectivity index (χ1v) is 5.68. The molecule has 0 unspecified atom stereocenters. The summed E-state index contributed by atoms with van der Waals surface area (Å²) in [5.41, 5.74) is -0.667. The Kier molecular flexibility index (Phi) is 3.77. The van der Waals surface area contributed by atoms with Gasteiger partial charge in [-0.25, -0.2) is 0 Å². The Labute approximate surface area is 111 Å². The van der Waals surface area contributed by atoms with Gasteiger partial charge in [0.05, 0.1) is 12.7 Å². The number of hydrogen-bond acceptors (Lipinski definition) is 4. The first-order chi connectivity index (χ1) is 9.38. The molecule has 0 aromatic carbocycles. The van der Waals surface area contributed by atoms with Crippen molar-refractivity contribution in [3.8, 4) is 0 Å². The quantitative estimate of drug-likeness (QED) is 0.928. The SMILES string of the molecule is Cc1oncc1C(=O)NCCn1ccc(C(F)(F)F)n1. The normalized spacial score (nSPS) is 11.6. The highest BCUT2D eigenvalue weighted by molar-refractivity contribution is 5.94. The van der Waals surface area contributed by atoms with Gasteiger partial charge in [-0.05, 0) is 13.0 Å². The van der Waals surface area contributed by atoms with Crippen LogP contribution in [0.1, 0.15) is 21.8 Å². The summed E-state index contributed by atoms with van der Waals surface area (Å²) in [7, 11) is 0. The Hall–Kier alpha value is -2.32. The molecule has 0 atom stereocenters. The number of amides is 1. The van der Waals surface area contributed by atoms with E-state index in [0.29, 0.717) is 11.3 Å². The molecule has 108 valence electrons. The lowest BCUT2D eigenvalue weighted by molar-refractivity contribution is -0.141. The van der Waals surface area contributed by atoms with Gasteiger partial charge >= 0.3 is 6.18 Å². The van der Waals surface area contributed by atoms with Gasteiger partial charge in [-0.3, -0.25) is 9.48 Å². The van der Waals surface area contributed by atoms with Crippen LogP contribution in [0.15, 0.2) is 23.0 Å². The van der Waals surface area contributed by atoms with E-state index in [9.17, 15) is 18.0 Å². The zero-order valence-corrected chi connectivity index (χ0v) is 10.4. The molecule has 2 rings (SSSR count). The number of hydrogen-bond donors (Lipinski definition) is 1. The van der Waals surface area contributed by atoms with E-state index in [1.807, 2.05) is 0 Å². The van der Waals surface area contributed by atoms with Crippen LogP contribution >= 0.6 is 0 Å². The van der Waals surface area contributed by atoms with Crippen molar-refractivity contribution < 1.29 is 22.5 Å². The van der Waals surface area contributed by atoms with Crippen LogP contribution in [0.2, 0.25) is 0 Å². The third kappa shape index (κ3) is 3.16. The summed E-state index contributed by atoms with van der Waals surface area (Å²) in [5.74, 6) is -0.0205. The summed E-state index contributed by atoms with van der Waals surface area (Å²) in [6, 6.07) is 0.881. The number of nitrogens with zero attached hydrogens (tertiary/aromatic N) is 3. The van der Waals surface area contributed by atoms with Gasteiger partial charge in [0.2, 0.25) is 0 Å². The van der Waals surface area contributed by atoms with E-state index in [-0.39, 0.29) is 13.1 Å². The molecule has 0 saturated heterocycles. The second kappa shape index (κ2) is 5.35. The average Bonchev–Trinajstić information content (AvgIpc) is 2.97. The Balaban J connectivity index is 1.86. The highest BCUT2D eigenvalue weighted by atomic mass is 19.4. The molecule has 1 N–H and O–H groups in total. The van der Waals surface area contributed by atoms with Crippen LogP contribution in [0.3, 0.4) is 0 Å². The van der Waals surface area contributed by atoms with Crippen molar-refractivity contribution in [3.63, 3.8) is 0 Å². The molecule has 0 aliphatic rings. The van der Waals surface area contributed by atoms with E-state index >= 15 is 0 Å². The minimum Gasteiger partial charge on any atom is -0.361 e. The lowest BCUT2D eigenvalue weighted by Gasteiger charge is -2.05. The topological polar surface area (TPSA) is 73.0 Å². The number of aryl methyl sites for hydroxylation is 1. The highest BCUT2D eigenvalue weighted by Crippen LogP contribution is 2.27. The lowest BCUT2D eigenvalue weighted by atomic mass is 10.2. The van der Waals surface area contributed by atoms with Gasteiger partial charge in [0.1, 0.15) is 11.3 Å². The fourth-order valence-corrected chi connectivity index (χ4v) is 1.53. The monoisotopic (exact) mass is 288 g/mol. The second-order valence-corrected chi connectivity index (χ2v) is 4.01. The molecule has 0 saturated carbocycles. The van der Waals surface area contributed by atoms with Crippen LogP contribution in [0, 0.1) is 6.92 Å². The van der Waals surface area contributed by atoms with Crippen molar-refractivity contribution in [1.82, 2.24) is 20.3 Å². The van der Waals surface area contributed by atoms with Crippen molar-refractivity contribution in [3.05, 3.63) is 35.5 Å². The van der Waals surface area contributed by atoms with Crippen LogP contribution in [-0.4, -0.2) is 27.4 Å². The van der Waals surface area contributed by atoms with Crippen molar-refractivity contribution >= 4 is 5.91 Å². The molecule has 2 aromatic rings. The minimum atomic E-state index is -4.46. The Bertz CT molecular complexity index is 603. The summed E-state index contributed by atoms with van der Waals surface area (Å²) < 4.78 is 42.8. The standard InChI is InChI=1S/C11H11F3N4O2/c1-7-8(6-16-20-7)10(19)15-3-5-18-4-2-9(17-18)11(12,13)14/h2,4,6H,3,5H2,1H3,(H,15,19). The van der Waals surface area contributed by atoms with Gasteiger partial charge < -0.3 is 9.84 Å². The number of halogens is 3. The predicted molar refractivity (Wildman–Crippen MR) is 60.8 cm³/mol. The lowest BCUT2D eigenvalue weighted by Crippen LogP contribution is -2.27. The molecule has 0 spiro atoms. The van der Waals surface area contributed by atoms with Crippen molar-refractivity contribution in [1.29, 1.82) is 0 Å². The van der Waals surface area contributed by atoms with Gasteiger partial charge in [0.15, 0.2) is 5.69 Å². The van der Waals surface area contributed by atoms with E-state index in [1.54, 1.807) is 6.92 Å². The minimum absolute atomic E-state index is 0.131. The average molecular weight is 288 g/mol. The van der Waals surface area contributed by atoms with Gasteiger partial charge in [-0.1, -0.05) is 5.16 Å². The van der Waals surface area contributed by atoms with E-state index < -0.39 is 17.8 Å². The van der Waals surface area contributed by atoms with Crippen molar-refractivity contribution in [2.45, 2.75) is 19.6 Å². The molecule has 9 heteroatoms. The summed E-state index contributed by atoms with van der Waals surface area (Å²) >= 11 is 0.